The number of aromatic nitrogens is 1. The van der Waals surface area contributed by atoms with Crippen molar-refractivity contribution in [3.8, 4) is 5.75 Å². The maximum absolute atomic E-state index is 10.5. The van der Waals surface area contributed by atoms with Crippen LogP contribution in [0.1, 0.15) is 28.2 Å². The lowest BCUT2D eigenvalue weighted by molar-refractivity contribution is 0.190. The van der Waals surface area contributed by atoms with Crippen molar-refractivity contribution in [2.75, 3.05) is 7.05 Å². The monoisotopic (exact) mass is 290 g/mol. The average Bonchev–Trinajstić information content (AvgIpc) is 2.93. The molecule has 0 saturated heterocycles. The highest BCUT2D eigenvalue weighted by Crippen LogP contribution is 2.48. The van der Waals surface area contributed by atoms with E-state index in [0.717, 1.165) is 18.5 Å². The highest BCUT2D eigenvalue weighted by Gasteiger charge is 2.40. The van der Waals surface area contributed by atoms with Crippen molar-refractivity contribution in [1.82, 2.24) is 9.88 Å². The summed E-state index contributed by atoms with van der Waals surface area (Å²) in [5.41, 5.74) is 6.33. The number of H-pyrrole nitrogens is 1. The van der Waals surface area contributed by atoms with Crippen LogP contribution in [0.3, 0.4) is 0 Å². The molecule has 2 aromatic carbocycles. The van der Waals surface area contributed by atoms with E-state index in [9.17, 15) is 5.11 Å². The molecule has 110 valence electrons. The lowest BCUT2D eigenvalue weighted by Gasteiger charge is -2.43. The predicted molar refractivity (Wildman–Crippen MR) is 87.2 cm³/mol. The van der Waals surface area contributed by atoms with Gasteiger partial charge in [0.25, 0.3) is 0 Å². The summed E-state index contributed by atoms with van der Waals surface area (Å²) in [6.45, 7) is 0.903. The van der Waals surface area contributed by atoms with E-state index in [1.165, 1.54) is 27.6 Å². The van der Waals surface area contributed by atoms with Crippen LogP contribution in [0.4, 0.5) is 0 Å². The summed E-state index contributed by atoms with van der Waals surface area (Å²) in [6.07, 6.45) is 3.19. The number of nitrogens with one attached hydrogen (secondary N) is 1. The first kappa shape index (κ1) is 12.3. The molecule has 3 nitrogen and oxygen atoms in total. The molecule has 3 heteroatoms. The summed E-state index contributed by atoms with van der Waals surface area (Å²) in [5, 5.41) is 11.9. The van der Waals surface area contributed by atoms with E-state index in [1.807, 2.05) is 12.1 Å². The van der Waals surface area contributed by atoms with Crippen LogP contribution in [-0.2, 0) is 13.0 Å². The number of fused-ring (bicyclic) bond motifs is 4. The number of aromatic hydroxyl groups is 1. The van der Waals surface area contributed by atoms with Crippen molar-refractivity contribution in [3.05, 3.63) is 64.8 Å². The van der Waals surface area contributed by atoms with Gasteiger partial charge in [-0.1, -0.05) is 24.3 Å². The van der Waals surface area contributed by atoms with Crippen molar-refractivity contribution in [3.63, 3.8) is 0 Å². The number of benzene rings is 2. The molecule has 0 radical (unpaired) electrons. The smallest absolute Gasteiger partial charge is 0.119 e. The normalized spacial score (nSPS) is 23.3. The number of phenols is 1. The summed E-state index contributed by atoms with van der Waals surface area (Å²) >= 11 is 0. The maximum Gasteiger partial charge on any atom is 0.119 e. The zero-order chi connectivity index (χ0) is 14.8. The van der Waals surface area contributed by atoms with Gasteiger partial charge < -0.3 is 10.1 Å². The van der Waals surface area contributed by atoms with Gasteiger partial charge in [0.2, 0.25) is 0 Å². The fourth-order valence-corrected chi connectivity index (χ4v) is 4.50. The number of hydrogen-bond acceptors (Lipinski definition) is 2. The van der Waals surface area contributed by atoms with Gasteiger partial charge in [0.15, 0.2) is 0 Å². The van der Waals surface area contributed by atoms with Gasteiger partial charge in [0.05, 0.1) is 0 Å². The third-order valence-electron chi connectivity index (χ3n) is 5.44. The van der Waals surface area contributed by atoms with Crippen molar-refractivity contribution in [1.29, 1.82) is 0 Å². The lowest BCUT2D eigenvalue weighted by Crippen LogP contribution is -2.44. The zero-order valence-corrected chi connectivity index (χ0v) is 12.5. The Morgan fingerprint density at radius 1 is 1.14 bits per heavy atom. The van der Waals surface area contributed by atoms with E-state index < -0.39 is 0 Å². The van der Waals surface area contributed by atoms with Gasteiger partial charge >= 0.3 is 0 Å². The largest absolute Gasteiger partial charge is 0.508 e. The molecular weight excluding hydrogens is 272 g/mol. The molecule has 1 aliphatic carbocycles. The third-order valence-corrected chi connectivity index (χ3v) is 5.44. The standard InChI is InChI=1S/C19H18N2O/c1-21-10-11-4-2-7-16(22)18(11)19-13-5-3-6-14-17(13)12(9-20-14)8-15(19)21/h2-7,9,15,19-20,22H,8,10H2,1H3/t15-,19-/m1/s1. The number of nitrogens with zero attached hydrogens (tertiary/aromatic N) is 1. The fraction of sp³-hybridized carbons (Fsp3) is 0.263. The molecule has 0 bridgehead atoms. The number of aromatic amines is 1. The molecule has 2 aliphatic rings. The first-order valence-corrected chi connectivity index (χ1v) is 7.84. The van der Waals surface area contributed by atoms with Gasteiger partial charge in [-0.05, 0) is 42.3 Å². The summed E-state index contributed by atoms with van der Waals surface area (Å²) in [7, 11) is 2.20. The van der Waals surface area contributed by atoms with E-state index in [1.54, 1.807) is 0 Å². The number of hydrogen-bond donors (Lipinski definition) is 2. The average molecular weight is 290 g/mol. The topological polar surface area (TPSA) is 39.3 Å². The van der Waals surface area contributed by atoms with Gasteiger partial charge in [0.1, 0.15) is 5.75 Å². The van der Waals surface area contributed by atoms with Crippen LogP contribution in [0.2, 0.25) is 0 Å². The van der Waals surface area contributed by atoms with Crippen LogP contribution in [0.5, 0.6) is 5.75 Å². The van der Waals surface area contributed by atoms with Crippen molar-refractivity contribution < 1.29 is 5.11 Å². The van der Waals surface area contributed by atoms with E-state index in [0.29, 0.717) is 11.8 Å². The number of phenolic OH excluding ortho intramolecular Hbond substituents is 1. The first-order valence-electron chi connectivity index (χ1n) is 7.84. The Morgan fingerprint density at radius 3 is 2.91 bits per heavy atom. The van der Waals surface area contributed by atoms with Gasteiger partial charge in [-0.15, -0.1) is 0 Å². The molecule has 1 aromatic heterocycles. The van der Waals surface area contributed by atoms with Crippen LogP contribution in [0, 0.1) is 0 Å². The van der Waals surface area contributed by atoms with Crippen molar-refractivity contribution >= 4 is 10.9 Å². The van der Waals surface area contributed by atoms with Crippen LogP contribution >= 0.6 is 0 Å². The summed E-state index contributed by atoms with van der Waals surface area (Å²) in [4.78, 5) is 5.83. The second-order valence-corrected chi connectivity index (χ2v) is 6.60. The molecular formula is C19H18N2O. The summed E-state index contributed by atoms with van der Waals surface area (Å²) in [5.74, 6) is 0.693. The Hall–Kier alpha value is -2.26. The molecule has 22 heavy (non-hydrogen) atoms. The molecule has 2 atom stereocenters. The predicted octanol–water partition coefficient (Wildman–Crippen LogP) is 3.38. The lowest BCUT2D eigenvalue weighted by atomic mass is 9.72. The minimum atomic E-state index is 0.252. The Bertz CT molecular complexity index is 896. The number of likely N-dealkylation sites (N-methyl/N-ethyl adjacent to an activating group) is 1. The zero-order valence-electron chi connectivity index (χ0n) is 12.5. The summed E-state index contributed by atoms with van der Waals surface area (Å²) < 4.78 is 0. The summed E-state index contributed by atoms with van der Waals surface area (Å²) in [6, 6.07) is 12.8. The Morgan fingerprint density at radius 2 is 2.00 bits per heavy atom. The van der Waals surface area contributed by atoms with E-state index in [4.69, 9.17) is 0 Å². The molecule has 2 heterocycles. The van der Waals surface area contributed by atoms with E-state index in [2.05, 4.69) is 47.4 Å². The second kappa shape index (κ2) is 4.14. The maximum atomic E-state index is 10.5. The van der Waals surface area contributed by atoms with Gasteiger partial charge in [-0.25, -0.2) is 0 Å². The molecule has 0 saturated carbocycles. The first-order chi connectivity index (χ1) is 10.7. The quantitative estimate of drug-likeness (QED) is 0.666. The minimum absolute atomic E-state index is 0.252. The Balaban J connectivity index is 1.86. The molecule has 3 aromatic rings. The highest BCUT2D eigenvalue weighted by molar-refractivity contribution is 5.89. The number of rotatable bonds is 0. The van der Waals surface area contributed by atoms with Gasteiger partial charge in [-0.3, -0.25) is 4.90 Å². The SMILES string of the molecule is CN1Cc2cccc(O)c2[C@@H]2c3cccc4[nH]cc(c34)C[C@H]21. The second-order valence-electron chi connectivity index (χ2n) is 6.60. The van der Waals surface area contributed by atoms with Crippen molar-refractivity contribution in [2.45, 2.75) is 24.9 Å². The van der Waals surface area contributed by atoms with E-state index >= 15 is 0 Å². The fourth-order valence-electron chi connectivity index (χ4n) is 4.50. The Kier molecular flexibility index (Phi) is 2.32. The molecule has 1 aliphatic heterocycles. The van der Waals surface area contributed by atoms with Gasteiger partial charge in [-0.2, -0.15) is 0 Å². The minimum Gasteiger partial charge on any atom is -0.508 e. The highest BCUT2D eigenvalue weighted by atomic mass is 16.3. The van der Waals surface area contributed by atoms with Gasteiger partial charge in [0, 0.05) is 41.2 Å². The molecule has 0 unspecified atom stereocenters. The third kappa shape index (κ3) is 1.44. The molecule has 0 spiro atoms. The van der Waals surface area contributed by atoms with Crippen LogP contribution in [0.15, 0.2) is 42.6 Å². The molecule has 2 N–H and O–H groups in total. The Labute approximate surface area is 129 Å². The van der Waals surface area contributed by atoms with Crippen molar-refractivity contribution in [2.24, 2.45) is 0 Å². The van der Waals surface area contributed by atoms with Crippen LogP contribution in [-0.4, -0.2) is 28.1 Å². The van der Waals surface area contributed by atoms with Crippen LogP contribution < -0.4 is 0 Å². The van der Waals surface area contributed by atoms with E-state index in [-0.39, 0.29) is 5.92 Å². The molecule has 5 rings (SSSR count). The van der Waals surface area contributed by atoms with Crippen LogP contribution in [0.25, 0.3) is 10.9 Å². The molecule has 0 fully saturated rings. The molecule has 0 amide bonds.